The molecular weight excluding hydrogens is 204 g/mol. The minimum Gasteiger partial charge on any atom is -0.348 e. The molecule has 0 fully saturated rings. The molecule has 14 heavy (non-hydrogen) atoms. The first kappa shape index (κ1) is 12.9. The van der Waals surface area contributed by atoms with Crippen LogP contribution >= 0.6 is 12.4 Å². The molecule has 0 saturated heterocycles. The molecule has 0 bridgehead atoms. The summed E-state index contributed by atoms with van der Waals surface area (Å²) in [5, 5.41) is 6.64. The molecule has 0 saturated carbocycles. The topological polar surface area (TPSA) is 72.9 Å². The molecule has 1 aromatic rings. The van der Waals surface area contributed by atoms with Crippen LogP contribution in [0.1, 0.15) is 17.3 Å². The fourth-order valence-electron chi connectivity index (χ4n) is 0.905. The van der Waals surface area contributed by atoms with Crippen molar-refractivity contribution >= 4 is 18.3 Å². The van der Waals surface area contributed by atoms with Gasteiger partial charge < -0.3 is 11.1 Å². The minimum atomic E-state index is -0.133. The van der Waals surface area contributed by atoms with Crippen molar-refractivity contribution in [3.63, 3.8) is 0 Å². The number of nitrogens with two attached hydrogens (primary N) is 1. The number of rotatable bonds is 3. The lowest BCUT2D eigenvalue weighted by Crippen LogP contribution is -2.37. The van der Waals surface area contributed by atoms with Gasteiger partial charge in [0, 0.05) is 25.8 Å². The minimum absolute atomic E-state index is 0. The fraction of sp³-hybridized carbons (Fsp3) is 0.500. The summed E-state index contributed by atoms with van der Waals surface area (Å²) in [4.78, 5) is 11.4. The monoisotopic (exact) mass is 218 g/mol. The van der Waals surface area contributed by atoms with Gasteiger partial charge in [0.15, 0.2) is 0 Å². The first-order valence-corrected chi connectivity index (χ1v) is 4.13. The molecule has 1 heterocycles. The third kappa shape index (κ3) is 3.35. The molecule has 0 unspecified atom stereocenters. The summed E-state index contributed by atoms with van der Waals surface area (Å²) in [7, 11) is 1.77. The van der Waals surface area contributed by atoms with E-state index in [9.17, 15) is 4.79 Å². The predicted molar refractivity (Wildman–Crippen MR) is 56.4 cm³/mol. The third-order valence-electron chi connectivity index (χ3n) is 1.70. The summed E-state index contributed by atoms with van der Waals surface area (Å²) in [5.74, 6) is -0.133. The van der Waals surface area contributed by atoms with Crippen molar-refractivity contribution in [1.82, 2.24) is 15.1 Å². The van der Waals surface area contributed by atoms with Crippen LogP contribution in [0.4, 0.5) is 0 Å². The van der Waals surface area contributed by atoms with Crippen LogP contribution in [0.3, 0.4) is 0 Å². The smallest absolute Gasteiger partial charge is 0.254 e. The van der Waals surface area contributed by atoms with Gasteiger partial charge in [0.05, 0.1) is 11.8 Å². The highest BCUT2D eigenvalue weighted by molar-refractivity contribution is 5.93. The Morgan fingerprint density at radius 2 is 2.43 bits per heavy atom. The molecule has 0 aliphatic rings. The van der Waals surface area contributed by atoms with Gasteiger partial charge in [-0.15, -0.1) is 12.4 Å². The Morgan fingerprint density at radius 1 is 1.79 bits per heavy atom. The number of amides is 1. The van der Waals surface area contributed by atoms with Gasteiger partial charge in [-0.05, 0) is 6.92 Å². The molecule has 0 aliphatic carbocycles. The van der Waals surface area contributed by atoms with Crippen LogP contribution in [0.25, 0.3) is 0 Å². The van der Waals surface area contributed by atoms with Gasteiger partial charge in [0.1, 0.15) is 0 Å². The van der Waals surface area contributed by atoms with Crippen LogP contribution in [-0.4, -0.2) is 28.3 Å². The molecule has 5 nitrogen and oxygen atoms in total. The summed E-state index contributed by atoms with van der Waals surface area (Å²) in [6.07, 6.45) is 3.19. The van der Waals surface area contributed by atoms with E-state index in [1.807, 2.05) is 6.92 Å². The molecule has 1 aromatic heterocycles. The molecule has 0 aliphatic heterocycles. The summed E-state index contributed by atoms with van der Waals surface area (Å²) in [6.45, 7) is 2.29. The second-order valence-electron chi connectivity index (χ2n) is 3.01. The number of hydrogen-bond donors (Lipinski definition) is 2. The lowest BCUT2D eigenvalue weighted by molar-refractivity contribution is 0.0941. The van der Waals surface area contributed by atoms with Crippen molar-refractivity contribution < 1.29 is 4.79 Å². The highest BCUT2D eigenvalue weighted by Crippen LogP contribution is 1.96. The molecule has 0 aromatic carbocycles. The third-order valence-corrected chi connectivity index (χ3v) is 1.70. The van der Waals surface area contributed by atoms with Gasteiger partial charge in [0.2, 0.25) is 0 Å². The molecule has 0 spiro atoms. The predicted octanol–water partition coefficient (Wildman–Crippen LogP) is -0.0811. The van der Waals surface area contributed by atoms with Crippen LogP contribution < -0.4 is 11.1 Å². The van der Waals surface area contributed by atoms with Gasteiger partial charge in [-0.25, -0.2) is 0 Å². The van der Waals surface area contributed by atoms with Crippen molar-refractivity contribution in [2.75, 3.05) is 6.54 Å². The Hall–Kier alpha value is -1.07. The normalized spacial score (nSPS) is 11.6. The van der Waals surface area contributed by atoms with Crippen molar-refractivity contribution in [2.45, 2.75) is 13.0 Å². The zero-order valence-corrected chi connectivity index (χ0v) is 9.04. The van der Waals surface area contributed by atoms with Gasteiger partial charge in [-0.1, -0.05) is 0 Å². The van der Waals surface area contributed by atoms with E-state index in [1.54, 1.807) is 17.9 Å². The van der Waals surface area contributed by atoms with Crippen LogP contribution in [0, 0.1) is 0 Å². The standard InChI is InChI=1S/C8H14N4O.ClH/c1-6(3-9)11-8(13)7-4-10-12(2)5-7;/h4-6H,3,9H2,1-2H3,(H,11,13);1H/t6-;/m0./s1. The van der Waals surface area contributed by atoms with Gasteiger partial charge in [-0.3, -0.25) is 9.48 Å². The Morgan fingerprint density at radius 3 is 2.86 bits per heavy atom. The maximum Gasteiger partial charge on any atom is 0.254 e. The highest BCUT2D eigenvalue weighted by Gasteiger charge is 2.09. The van der Waals surface area contributed by atoms with E-state index in [0.29, 0.717) is 12.1 Å². The second-order valence-corrected chi connectivity index (χ2v) is 3.01. The Kier molecular flexibility index (Phi) is 5.19. The number of carbonyl (C=O) groups is 1. The van der Waals surface area contributed by atoms with Crippen LogP contribution in [0.5, 0.6) is 0 Å². The number of nitrogens with one attached hydrogen (secondary N) is 1. The Bertz CT molecular complexity index is 299. The number of hydrogen-bond acceptors (Lipinski definition) is 3. The molecule has 0 radical (unpaired) electrons. The summed E-state index contributed by atoms with van der Waals surface area (Å²) in [6, 6.07) is -0.00675. The number of aryl methyl sites for hydroxylation is 1. The molecule has 80 valence electrons. The van der Waals surface area contributed by atoms with Gasteiger partial charge >= 0.3 is 0 Å². The van der Waals surface area contributed by atoms with Crippen molar-refractivity contribution in [2.24, 2.45) is 12.8 Å². The SMILES string of the molecule is C[C@@H](CN)NC(=O)c1cnn(C)c1.Cl. The van der Waals surface area contributed by atoms with E-state index in [1.165, 1.54) is 6.20 Å². The van der Waals surface area contributed by atoms with Gasteiger partial charge in [-0.2, -0.15) is 5.10 Å². The highest BCUT2D eigenvalue weighted by atomic mass is 35.5. The zero-order chi connectivity index (χ0) is 9.84. The zero-order valence-electron chi connectivity index (χ0n) is 8.23. The maximum absolute atomic E-state index is 11.4. The Labute approximate surface area is 89.1 Å². The molecule has 6 heteroatoms. The number of nitrogens with zero attached hydrogens (tertiary/aromatic N) is 2. The van der Waals surface area contributed by atoms with Crippen LogP contribution in [0.2, 0.25) is 0 Å². The first-order chi connectivity index (χ1) is 6.13. The van der Waals surface area contributed by atoms with E-state index in [-0.39, 0.29) is 24.4 Å². The second kappa shape index (κ2) is 5.62. The van der Waals surface area contributed by atoms with E-state index in [2.05, 4.69) is 10.4 Å². The quantitative estimate of drug-likeness (QED) is 0.746. The van der Waals surface area contributed by atoms with Crippen LogP contribution in [-0.2, 0) is 7.05 Å². The van der Waals surface area contributed by atoms with E-state index >= 15 is 0 Å². The van der Waals surface area contributed by atoms with E-state index in [4.69, 9.17) is 5.73 Å². The fourth-order valence-corrected chi connectivity index (χ4v) is 0.905. The maximum atomic E-state index is 11.4. The largest absolute Gasteiger partial charge is 0.348 e. The van der Waals surface area contributed by atoms with Crippen molar-refractivity contribution in [3.05, 3.63) is 18.0 Å². The number of halogens is 1. The van der Waals surface area contributed by atoms with E-state index < -0.39 is 0 Å². The molecular formula is C8H15ClN4O. The van der Waals surface area contributed by atoms with E-state index in [0.717, 1.165) is 0 Å². The van der Waals surface area contributed by atoms with Crippen molar-refractivity contribution in [1.29, 1.82) is 0 Å². The number of carbonyl (C=O) groups excluding carboxylic acids is 1. The Balaban J connectivity index is 0.00000169. The molecule has 1 atom stereocenters. The lowest BCUT2D eigenvalue weighted by atomic mass is 10.3. The number of aromatic nitrogens is 2. The average Bonchev–Trinajstić information content (AvgIpc) is 2.51. The average molecular weight is 219 g/mol. The summed E-state index contributed by atoms with van der Waals surface area (Å²) < 4.78 is 1.59. The summed E-state index contributed by atoms with van der Waals surface area (Å²) >= 11 is 0. The van der Waals surface area contributed by atoms with Crippen molar-refractivity contribution in [3.8, 4) is 0 Å². The lowest BCUT2D eigenvalue weighted by Gasteiger charge is -2.09. The molecule has 3 N–H and O–H groups in total. The molecule has 1 rings (SSSR count). The molecule has 1 amide bonds. The summed E-state index contributed by atoms with van der Waals surface area (Å²) in [5.41, 5.74) is 5.93. The van der Waals surface area contributed by atoms with Crippen LogP contribution in [0.15, 0.2) is 12.4 Å². The van der Waals surface area contributed by atoms with Gasteiger partial charge in [0.25, 0.3) is 5.91 Å². The first-order valence-electron chi connectivity index (χ1n) is 4.13.